The van der Waals surface area contributed by atoms with Gasteiger partial charge < -0.3 is 5.32 Å². The summed E-state index contributed by atoms with van der Waals surface area (Å²) < 4.78 is 4.50. The highest BCUT2D eigenvalue weighted by molar-refractivity contribution is 8.01. The van der Waals surface area contributed by atoms with E-state index in [-0.39, 0.29) is 28.6 Å². The van der Waals surface area contributed by atoms with E-state index in [9.17, 15) is 19.7 Å². The summed E-state index contributed by atoms with van der Waals surface area (Å²) >= 11 is 2.50. The van der Waals surface area contributed by atoms with Crippen molar-refractivity contribution in [1.29, 1.82) is 0 Å². The second kappa shape index (κ2) is 8.36. The lowest BCUT2D eigenvalue weighted by Crippen LogP contribution is -2.23. The zero-order valence-corrected chi connectivity index (χ0v) is 18.2. The third kappa shape index (κ3) is 4.09. The topological polar surface area (TPSA) is 112 Å². The second-order valence-corrected chi connectivity index (χ2v) is 8.92. The molecule has 0 aliphatic carbocycles. The summed E-state index contributed by atoms with van der Waals surface area (Å²) in [5.74, 6) is -0.276. The number of hydrogen-bond acceptors (Lipinski definition) is 7. The van der Waals surface area contributed by atoms with E-state index in [1.807, 2.05) is 30.3 Å². The maximum absolute atomic E-state index is 12.9. The molecule has 0 atom stereocenters. The molecule has 0 aliphatic heterocycles. The molecular weight excluding hydrogens is 438 g/mol. The molecule has 0 bridgehead atoms. The van der Waals surface area contributed by atoms with Gasteiger partial charge in [-0.2, -0.15) is 0 Å². The van der Waals surface area contributed by atoms with Gasteiger partial charge in [-0.05, 0) is 25.1 Å². The number of amides is 1. The minimum atomic E-state index is -0.455. The predicted molar refractivity (Wildman–Crippen MR) is 121 cm³/mol. The van der Waals surface area contributed by atoms with Crippen molar-refractivity contribution in [2.24, 2.45) is 7.05 Å². The molecule has 11 heteroatoms. The van der Waals surface area contributed by atoms with Crippen LogP contribution in [0.25, 0.3) is 15.9 Å². The fraction of sp³-hybridized carbons (Fsp3) is 0.150. The zero-order chi connectivity index (χ0) is 22.1. The Bertz CT molecular complexity index is 1360. The second-order valence-electron chi connectivity index (χ2n) is 6.66. The first-order valence-electron chi connectivity index (χ1n) is 9.17. The molecule has 4 rings (SSSR count). The molecule has 0 saturated carbocycles. The smallest absolute Gasteiger partial charge is 0.295 e. The quantitative estimate of drug-likeness (QED) is 0.269. The van der Waals surface area contributed by atoms with E-state index in [4.69, 9.17) is 0 Å². The van der Waals surface area contributed by atoms with Gasteiger partial charge in [0.25, 0.3) is 11.2 Å². The molecule has 0 aliphatic rings. The summed E-state index contributed by atoms with van der Waals surface area (Å²) in [4.78, 5) is 40.2. The summed E-state index contributed by atoms with van der Waals surface area (Å²) in [6, 6.07) is 13.6. The number of rotatable bonds is 6. The van der Waals surface area contributed by atoms with Crippen LogP contribution in [0.15, 0.2) is 57.7 Å². The molecule has 1 N–H and O–H groups in total. The molecule has 158 valence electrons. The minimum absolute atomic E-state index is 0.000286. The molecule has 0 fully saturated rings. The average molecular weight is 456 g/mol. The maximum atomic E-state index is 12.9. The van der Waals surface area contributed by atoms with Gasteiger partial charge in [0.05, 0.1) is 32.3 Å². The number of carbonyl (C=O) groups excluding carboxylic acids is 1. The highest BCUT2D eigenvalue weighted by atomic mass is 32.2. The van der Waals surface area contributed by atoms with Crippen LogP contribution < -0.4 is 10.9 Å². The lowest BCUT2D eigenvalue weighted by Gasteiger charge is -2.07. The van der Waals surface area contributed by atoms with Crippen LogP contribution in [-0.4, -0.2) is 30.9 Å². The molecule has 0 saturated heterocycles. The number of aromatic nitrogens is 3. The highest BCUT2D eigenvalue weighted by Crippen LogP contribution is 2.31. The molecule has 9 nitrogen and oxygen atoms in total. The number of nitrogens with zero attached hydrogens (tertiary/aromatic N) is 4. The fourth-order valence-corrected chi connectivity index (χ4v) is 4.98. The van der Waals surface area contributed by atoms with Gasteiger partial charge in [-0.1, -0.05) is 30.0 Å². The van der Waals surface area contributed by atoms with Gasteiger partial charge in [-0.15, -0.1) is 11.3 Å². The van der Waals surface area contributed by atoms with Crippen LogP contribution in [-0.2, 0) is 11.8 Å². The van der Waals surface area contributed by atoms with E-state index >= 15 is 0 Å². The van der Waals surface area contributed by atoms with E-state index in [1.54, 1.807) is 24.7 Å². The Morgan fingerprint density at radius 1 is 1.26 bits per heavy atom. The first kappa shape index (κ1) is 20.8. The van der Waals surface area contributed by atoms with Crippen molar-refractivity contribution in [3.8, 4) is 5.69 Å². The van der Waals surface area contributed by atoms with E-state index in [1.165, 1.54) is 39.9 Å². The van der Waals surface area contributed by atoms with Crippen LogP contribution in [0.2, 0.25) is 0 Å². The monoisotopic (exact) mass is 455 g/mol. The van der Waals surface area contributed by atoms with Gasteiger partial charge in [0.2, 0.25) is 5.91 Å². The first-order chi connectivity index (χ1) is 14.8. The average Bonchev–Trinajstić information content (AvgIpc) is 3.26. The van der Waals surface area contributed by atoms with E-state index in [2.05, 4.69) is 10.3 Å². The number of anilines is 1. The van der Waals surface area contributed by atoms with Crippen LogP contribution in [0.1, 0.15) is 5.69 Å². The molecule has 2 aromatic heterocycles. The fourth-order valence-electron chi connectivity index (χ4n) is 3.08. The number of benzene rings is 2. The minimum Gasteiger partial charge on any atom is -0.319 e. The third-order valence-electron chi connectivity index (χ3n) is 4.71. The van der Waals surface area contributed by atoms with Crippen LogP contribution in [0.3, 0.4) is 0 Å². The number of nitro groups is 1. The van der Waals surface area contributed by atoms with Crippen molar-refractivity contribution in [3.05, 3.63) is 74.7 Å². The number of non-ortho nitro benzene ring substituents is 1. The molecule has 0 radical (unpaired) electrons. The standard InChI is InChI=1S/C20H17N5O4S2/c1-12-18(19(27)24(23(12)2)13-6-4-3-5-7-13)22-17(26)11-30-20-21-15-9-8-14(25(28)29)10-16(15)31-20/h3-10H,11H2,1-2H3,(H,22,26). The normalized spacial score (nSPS) is 11.0. The van der Waals surface area contributed by atoms with Crippen molar-refractivity contribution in [1.82, 2.24) is 14.3 Å². The van der Waals surface area contributed by atoms with E-state index in [0.29, 0.717) is 25.9 Å². The summed E-state index contributed by atoms with van der Waals surface area (Å²) in [6.07, 6.45) is 0. The molecule has 0 spiro atoms. The molecule has 2 heterocycles. The number of thioether (sulfide) groups is 1. The van der Waals surface area contributed by atoms with Gasteiger partial charge in [0.1, 0.15) is 5.69 Å². The van der Waals surface area contributed by atoms with Crippen molar-refractivity contribution < 1.29 is 9.72 Å². The number of nitro benzene ring substituents is 1. The van der Waals surface area contributed by atoms with Gasteiger partial charge in [0.15, 0.2) is 4.34 Å². The van der Waals surface area contributed by atoms with Crippen molar-refractivity contribution in [3.63, 3.8) is 0 Å². The summed E-state index contributed by atoms with van der Waals surface area (Å²) in [5.41, 5.74) is 1.91. The molecular formula is C20H17N5O4S2. The van der Waals surface area contributed by atoms with Crippen molar-refractivity contribution >= 4 is 50.6 Å². The Labute approximate surface area is 184 Å². The summed E-state index contributed by atoms with van der Waals surface area (Å²) in [5, 5.41) is 13.6. The van der Waals surface area contributed by atoms with Crippen LogP contribution in [0.4, 0.5) is 11.4 Å². The Kier molecular flexibility index (Phi) is 5.61. The number of hydrogen-bond donors (Lipinski definition) is 1. The van der Waals surface area contributed by atoms with Crippen LogP contribution in [0.5, 0.6) is 0 Å². The Morgan fingerprint density at radius 2 is 2.00 bits per heavy atom. The van der Waals surface area contributed by atoms with Gasteiger partial charge in [0, 0.05) is 19.2 Å². The van der Waals surface area contributed by atoms with Crippen molar-refractivity contribution in [2.45, 2.75) is 11.3 Å². The van der Waals surface area contributed by atoms with E-state index in [0.717, 1.165) is 0 Å². The molecule has 2 aromatic carbocycles. The van der Waals surface area contributed by atoms with Crippen LogP contribution in [0, 0.1) is 17.0 Å². The summed E-state index contributed by atoms with van der Waals surface area (Å²) in [7, 11) is 1.76. The predicted octanol–water partition coefficient (Wildman–Crippen LogP) is 3.73. The Balaban J connectivity index is 1.49. The lowest BCUT2D eigenvalue weighted by molar-refractivity contribution is -0.384. The Hall–Kier alpha value is -3.44. The summed E-state index contributed by atoms with van der Waals surface area (Å²) in [6.45, 7) is 1.77. The molecule has 1 amide bonds. The third-order valence-corrected chi connectivity index (χ3v) is 6.87. The SMILES string of the molecule is Cc1c(NC(=O)CSc2nc3ccc([N+](=O)[O-])cc3s2)c(=O)n(-c2ccccc2)n1C. The number of carbonyl (C=O) groups is 1. The van der Waals surface area contributed by atoms with Gasteiger partial charge >= 0.3 is 0 Å². The zero-order valence-electron chi connectivity index (χ0n) is 16.6. The highest BCUT2D eigenvalue weighted by Gasteiger charge is 2.18. The first-order valence-corrected chi connectivity index (χ1v) is 11.0. The van der Waals surface area contributed by atoms with Crippen molar-refractivity contribution in [2.75, 3.05) is 11.1 Å². The number of para-hydroxylation sites is 1. The largest absolute Gasteiger partial charge is 0.319 e. The van der Waals surface area contributed by atoms with Gasteiger partial charge in [-0.3, -0.25) is 24.4 Å². The Morgan fingerprint density at radius 3 is 2.71 bits per heavy atom. The molecule has 0 unspecified atom stereocenters. The number of nitrogens with one attached hydrogen (secondary N) is 1. The lowest BCUT2D eigenvalue weighted by atomic mass is 10.3. The maximum Gasteiger partial charge on any atom is 0.295 e. The molecule has 4 aromatic rings. The van der Waals surface area contributed by atoms with Crippen LogP contribution >= 0.6 is 23.1 Å². The molecule has 31 heavy (non-hydrogen) atoms. The van der Waals surface area contributed by atoms with Gasteiger partial charge in [-0.25, -0.2) is 9.67 Å². The number of thiazole rings is 1. The number of fused-ring (bicyclic) bond motifs is 1. The van der Waals surface area contributed by atoms with E-state index < -0.39 is 4.92 Å².